The highest BCUT2D eigenvalue weighted by Crippen LogP contribution is 2.41. The number of ether oxygens (including phenoxy) is 2. The molecule has 0 amide bonds. The smallest absolute Gasteiger partial charge is 0.351 e. The van der Waals surface area contributed by atoms with E-state index in [4.69, 9.17) is 15.2 Å². The van der Waals surface area contributed by atoms with Gasteiger partial charge in [0, 0.05) is 18.2 Å². The van der Waals surface area contributed by atoms with E-state index in [-0.39, 0.29) is 18.8 Å². The van der Waals surface area contributed by atoms with Gasteiger partial charge in [0.1, 0.15) is 17.6 Å². The lowest BCUT2D eigenvalue weighted by atomic mass is 9.80. The third-order valence-electron chi connectivity index (χ3n) is 6.60. The van der Waals surface area contributed by atoms with Gasteiger partial charge in [-0.1, -0.05) is 91.0 Å². The molecule has 2 N–H and O–H groups in total. The Labute approximate surface area is 209 Å². The molecular formula is C29H28FN3O3. The van der Waals surface area contributed by atoms with E-state index in [0.29, 0.717) is 5.56 Å². The molecule has 1 aliphatic rings. The normalized spacial score (nSPS) is 19.9. The molecule has 1 aromatic heterocycles. The lowest BCUT2D eigenvalue weighted by Crippen LogP contribution is -2.36. The highest BCUT2D eigenvalue weighted by Gasteiger charge is 2.42. The van der Waals surface area contributed by atoms with Gasteiger partial charge in [0.2, 0.25) is 0 Å². The molecule has 184 valence electrons. The molecule has 0 unspecified atom stereocenters. The number of rotatable bonds is 7. The Morgan fingerprint density at radius 3 is 1.97 bits per heavy atom. The second-order valence-electron chi connectivity index (χ2n) is 8.99. The van der Waals surface area contributed by atoms with Crippen LogP contribution in [-0.2, 0) is 15.1 Å². The molecule has 0 saturated carbocycles. The zero-order valence-electron chi connectivity index (χ0n) is 20.0. The van der Waals surface area contributed by atoms with Gasteiger partial charge in [0.05, 0.1) is 12.7 Å². The van der Waals surface area contributed by atoms with Crippen molar-refractivity contribution in [2.24, 2.45) is 0 Å². The van der Waals surface area contributed by atoms with Crippen molar-refractivity contribution in [2.45, 2.75) is 37.4 Å². The molecule has 0 radical (unpaired) electrons. The SMILES string of the molecule is Cc1cn([C@@H]2O[C@H](COC(c3ccccc3)(c3ccccc3)c3ccccc3)C[C@H]2F)c(=O)nc1N. The lowest BCUT2D eigenvalue weighted by Gasteiger charge is -2.36. The molecule has 3 atom stereocenters. The number of hydrogen-bond acceptors (Lipinski definition) is 5. The van der Waals surface area contributed by atoms with Crippen LogP contribution in [0.1, 0.15) is 34.9 Å². The number of halogens is 1. The Bertz CT molecular complexity index is 1270. The van der Waals surface area contributed by atoms with E-state index in [2.05, 4.69) is 4.98 Å². The number of hydrogen-bond donors (Lipinski definition) is 1. The number of nitrogens with two attached hydrogens (primary N) is 1. The van der Waals surface area contributed by atoms with Crippen molar-refractivity contribution in [3.63, 3.8) is 0 Å². The number of aryl methyl sites for hydroxylation is 1. The molecule has 7 heteroatoms. The quantitative estimate of drug-likeness (QED) is 0.382. The van der Waals surface area contributed by atoms with Crippen LogP contribution in [0.25, 0.3) is 0 Å². The van der Waals surface area contributed by atoms with Crippen molar-refractivity contribution in [1.29, 1.82) is 0 Å². The lowest BCUT2D eigenvalue weighted by molar-refractivity contribution is -0.0825. The molecule has 6 nitrogen and oxygen atoms in total. The van der Waals surface area contributed by atoms with Crippen LogP contribution in [0.2, 0.25) is 0 Å². The predicted octanol–water partition coefficient (Wildman–Crippen LogP) is 4.77. The Kier molecular flexibility index (Phi) is 6.67. The molecule has 0 bridgehead atoms. The maximum Gasteiger partial charge on any atom is 0.351 e. The zero-order chi connectivity index (χ0) is 25.1. The number of nitrogen functional groups attached to an aromatic ring is 1. The fraction of sp³-hybridized carbons (Fsp3) is 0.241. The van der Waals surface area contributed by atoms with E-state index in [0.717, 1.165) is 16.7 Å². The molecule has 1 fully saturated rings. The van der Waals surface area contributed by atoms with Gasteiger partial charge < -0.3 is 15.2 Å². The molecule has 0 aliphatic carbocycles. The summed E-state index contributed by atoms with van der Waals surface area (Å²) in [6, 6.07) is 29.9. The molecule has 3 aromatic carbocycles. The summed E-state index contributed by atoms with van der Waals surface area (Å²) >= 11 is 0. The first-order valence-electron chi connectivity index (χ1n) is 11.9. The molecule has 1 aliphatic heterocycles. The average Bonchev–Trinajstić information content (AvgIpc) is 3.28. The Balaban J connectivity index is 1.49. The van der Waals surface area contributed by atoms with Crippen LogP contribution in [0, 0.1) is 6.92 Å². The Morgan fingerprint density at radius 1 is 0.972 bits per heavy atom. The van der Waals surface area contributed by atoms with Crippen molar-refractivity contribution < 1.29 is 13.9 Å². The van der Waals surface area contributed by atoms with Gasteiger partial charge in [0.15, 0.2) is 6.23 Å². The van der Waals surface area contributed by atoms with Crippen molar-refractivity contribution in [3.05, 3.63) is 130 Å². The minimum atomic E-state index is -1.39. The summed E-state index contributed by atoms with van der Waals surface area (Å²) in [7, 11) is 0. The Morgan fingerprint density at radius 2 is 1.47 bits per heavy atom. The van der Waals surface area contributed by atoms with Gasteiger partial charge in [-0.3, -0.25) is 4.57 Å². The van der Waals surface area contributed by atoms with Crippen LogP contribution in [-0.4, -0.2) is 28.4 Å². The first-order chi connectivity index (χ1) is 17.5. The van der Waals surface area contributed by atoms with Gasteiger partial charge >= 0.3 is 5.69 Å². The van der Waals surface area contributed by atoms with Gasteiger partial charge in [-0.2, -0.15) is 4.98 Å². The summed E-state index contributed by atoms with van der Waals surface area (Å²) in [5.74, 6) is 0.128. The van der Waals surface area contributed by atoms with E-state index in [1.54, 1.807) is 6.92 Å². The van der Waals surface area contributed by atoms with Crippen molar-refractivity contribution in [2.75, 3.05) is 12.3 Å². The van der Waals surface area contributed by atoms with Crippen LogP contribution in [0.15, 0.2) is 102 Å². The Hall–Kier alpha value is -3.81. The summed E-state index contributed by atoms with van der Waals surface area (Å²) < 4.78 is 29.1. The van der Waals surface area contributed by atoms with Gasteiger partial charge in [-0.05, 0) is 23.6 Å². The average molecular weight is 486 g/mol. The van der Waals surface area contributed by atoms with Gasteiger partial charge in [0.25, 0.3) is 0 Å². The van der Waals surface area contributed by atoms with E-state index in [1.807, 2.05) is 91.0 Å². The molecule has 1 saturated heterocycles. The third kappa shape index (κ3) is 4.43. The van der Waals surface area contributed by atoms with Crippen LogP contribution in [0.4, 0.5) is 10.2 Å². The minimum absolute atomic E-state index is 0.0922. The monoisotopic (exact) mass is 485 g/mol. The maximum atomic E-state index is 15.1. The van der Waals surface area contributed by atoms with Crippen molar-refractivity contribution in [3.8, 4) is 0 Å². The third-order valence-corrected chi connectivity index (χ3v) is 6.60. The predicted molar refractivity (Wildman–Crippen MR) is 136 cm³/mol. The minimum Gasteiger partial charge on any atom is -0.383 e. The second-order valence-corrected chi connectivity index (χ2v) is 8.99. The van der Waals surface area contributed by atoms with Crippen LogP contribution < -0.4 is 11.4 Å². The fourth-order valence-corrected chi connectivity index (χ4v) is 4.80. The standard InChI is InChI=1S/C29H28FN3O3/c1-20-18-33(28(34)32-26(20)31)27-25(30)17-24(36-27)19-35-29(21-11-5-2-6-12-21,22-13-7-3-8-14-22)23-15-9-4-10-16-23/h2-16,18,24-25,27H,17,19H2,1H3,(H2,31,32,34)/t24-,25+,27+/m0/s1. The highest BCUT2D eigenvalue weighted by molar-refractivity contribution is 5.47. The van der Waals surface area contributed by atoms with Crippen LogP contribution >= 0.6 is 0 Å². The molecule has 0 spiro atoms. The second kappa shape index (κ2) is 10.0. The number of anilines is 1. The van der Waals surface area contributed by atoms with E-state index < -0.39 is 29.8 Å². The maximum absolute atomic E-state index is 15.1. The summed E-state index contributed by atoms with van der Waals surface area (Å²) in [6.45, 7) is 1.83. The van der Waals surface area contributed by atoms with Crippen LogP contribution in [0.3, 0.4) is 0 Å². The summed E-state index contributed by atoms with van der Waals surface area (Å²) in [4.78, 5) is 16.2. The summed E-state index contributed by atoms with van der Waals surface area (Å²) in [6.07, 6.45) is -1.45. The van der Waals surface area contributed by atoms with Gasteiger partial charge in [-0.15, -0.1) is 0 Å². The molecule has 5 rings (SSSR count). The van der Waals surface area contributed by atoms with Crippen LogP contribution in [0.5, 0.6) is 0 Å². The largest absolute Gasteiger partial charge is 0.383 e. The first-order valence-corrected chi connectivity index (χ1v) is 11.9. The van der Waals surface area contributed by atoms with E-state index >= 15 is 4.39 Å². The van der Waals surface area contributed by atoms with E-state index in [1.165, 1.54) is 10.8 Å². The van der Waals surface area contributed by atoms with Gasteiger partial charge in [-0.25, -0.2) is 9.18 Å². The van der Waals surface area contributed by atoms with Crippen molar-refractivity contribution >= 4 is 5.82 Å². The molecule has 2 heterocycles. The molecule has 4 aromatic rings. The topological polar surface area (TPSA) is 79.4 Å². The molecule has 36 heavy (non-hydrogen) atoms. The highest BCUT2D eigenvalue weighted by atomic mass is 19.1. The van der Waals surface area contributed by atoms with Crippen molar-refractivity contribution in [1.82, 2.24) is 9.55 Å². The summed E-state index contributed by atoms with van der Waals surface area (Å²) in [5, 5.41) is 0. The van der Waals surface area contributed by atoms with E-state index in [9.17, 15) is 4.79 Å². The first kappa shape index (κ1) is 23.9. The number of nitrogens with zero attached hydrogens (tertiary/aromatic N) is 2. The summed E-state index contributed by atoms with van der Waals surface area (Å²) in [5.41, 5.74) is 7.58. The number of alkyl halides is 1. The number of benzene rings is 3. The fourth-order valence-electron chi connectivity index (χ4n) is 4.80. The number of aromatic nitrogens is 2. The molecular weight excluding hydrogens is 457 g/mol. The zero-order valence-corrected chi connectivity index (χ0v) is 20.0.